The van der Waals surface area contributed by atoms with Crippen LogP contribution in [0.1, 0.15) is 44.1 Å². The third kappa shape index (κ3) is 4.77. The number of methoxy groups -OCH3 is 1. The molecule has 2 heterocycles. The molecule has 2 aromatic rings. The predicted octanol–water partition coefficient (Wildman–Crippen LogP) is 3.03. The molecule has 0 spiro atoms. The highest BCUT2D eigenvalue weighted by atomic mass is 16.5. The number of nitrogens with zero attached hydrogens (tertiary/aromatic N) is 5. The maximum atomic E-state index is 9.01. The minimum Gasteiger partial charge on any atom is -0.493 e. The number of nitriles is 1. The van der Waals surface area contributed by atoms with Gasteiger partial charge in [0.2, 0.25) is 0 Å². The van der Waals surface area contributed by atoms with E-state index >= 15 is 0 Å². The molecule has 1 aliphatic heterocycles. The molecule has 27 heavy (non-hydrogen) atoms. The first-order valence-corrected chi connectivity index (χ1v) is 9.42. The summed E-state index contributed by atoms with van der Waals surface area (Å²) in [7, 11) is 1.59. The first-order chi connectivity index (χ1) is 13.1. The van der Waals surface area contributed by atoms with E-state index in [1.54, 1.807) is 19.2 Å². The van der Waals surface area contributed by atoms with Crippen LogP contribution in [0.5, 0.6) is 11.5 Å². The normalized spacial score (nSPS) is 17.7. The second-order valence-corrected chi connectivity index (χ2v) is 7.28. The Hall–Kier alpha value is -2.59. The fourth-order valence-corrected chi connectivity index (χ4v) is 3.51. The van der Waals surface area contributed by atoms with E-state index in [2.05, 4.69) is 39.6 Å². The highest BCUT2D eigenvalue weighted by Gasteiger charge is 2.23. The molecule has 0 aliphatic carbocycles. The summed E-state index contributed by atoms with van der Waals surface area (Å²) < 4.78 is 13.5. The molecular formula is C20H27N5O2. The molecule has 1 fully saturated rings. The van der Waals surface area contributed by atoms with Gasteiger partial charge in [-0.15, -0.1) is 10.2 Å². The molecule has 0 saturated carbocycles. The highest BCUT2D eigenvalue weighted by molar-refractivity contribution is 5.46. The summed E-state index contributed by atoms with van der Waals surface area (Å²) >= 11 is 0. The van der Waals surface area contributed by atoms with E-state index in [4.69, 9.17) is 14.7 Å². The maximum absolute atomic E-state index is 9.01. The molecule has 1 aromatic heterocycles. The smallest absolute Gasteiger partial charge is 0.162 e. The van der Waals surface area contributed by atoms with Gasteiger partial charge in [-0.05, 0) is 45.4 Å². The molecule has 3 rings (SSSR count). The van der Waals surface area contributed by atoms with Crippen LogP contribution in [0.3, 0.4) is 0 Å². The van der Waals surface area contributed by atoms with Gasteiger partial charge in [-0.3, -0.25) is 4.90 Å². The Balaban J connectivity index is 1.57. The van der Waals surface area contributed by atoms with Crippen molar-refractivity contribution in [2.24, 2.45) is 5.92 Å². The molecule has 1 saturated heterocycles. The van der Waals surface area contributed by atoms with Gasteiger partial charge >= 0.3 is 0 Å². The molecule has 0 N–H and O–H groups in total. The summed E-state index contributed by atoms with van der Waals surface area (Å²) in [6, 6.07) is 7.75. The van der Waals surface area contributed by atoms with E-state index in [9.17, 15) is 0 Å². The van der Waals surface area contributed by atoms with Crippen molar-refractivity contribution in [3.05, 3.63) is 35.9 Å². The van der Waals surface area contributed by atoms with Crippen molar-refractivity contribution in [1.29, 1.82) is 5.26 Å². The number of hydrogen-bond donors (Lipinski definition) is 0. The number of piperidine rings is 1. The number of ether oxygens (including phenoxy) is 2. The summed E-state index contributed by atoms with van der Waals surface area (Å²) in [5, 5.41) is 17.4. The topological polar surface area (TPSA) is 76.2 Å². The minimum absolute atomic E-state index is 0.364. The van der Waals surface area contributed by atoms with Gasteiger partial charge in [-0.1, -0.05) is 0 Å². The summed E-state index contributed by atoms with van der Waals surface area (Å²) in [6.07, 6.45) is 4.10. The third-order valence-corrected chi connectivity index (χ3v) is 4.94. The lowest BCUT2D eigenvalue weighted by Crippen LogP contribution is -2.38. The van der Waals surface area contributed by atoms with Crippen LogP contribution in [0.25, 0.3) is 0 Å². The van der Waals surface area contributed by atoms with E-state index in [0.717, 1.165) is 38.3 Å². The zero-order chi connectivity index (χ0) is 19.2. The summed E-state index contributed by atoms with van der Waals surface area (Å²) in [4.78, 5) is 2.43. The molecular weight excluding hydrogens is 342 g/mol. The monoisotopic (exact) mass is 369 g/mol. The second-order valence-electron chi connectivity index (χ2n) is 7.28. The van der Waals surface area contributed by atoms with Crippen LogP contribution in [-0.2, 0) is 6.54 Å². The van der Waals surface area contributed by atoms with Crippen LogP contribution < -0.4 is 9.47 Å². The molecule has 1 aromatic carbocycles. The van der Waals surface area contributed by atoms with Crippen molar-refractivity contribution >= 4 is 0 Å². The number of hydrogen-bond acceptors (Lipinski definition) is 6. The fraction of sp³-hybridized carbons (Fsp3) is 0.550. The second kappa shape index (κ2) is 8.87. The zero-order valence-electron chi connectivity index (χ0n) is 16.3. The molecule has 7 nitrogen and oxygen atoms in total. The van der Waals surface area contributed by atoms with Gasteiger partial charge in [0.1, 0.15) is 12.2 Å². The van der Waals surface area contributed by atoms with Crippen LogP contribution in [0.15, 0.2) is 24.5 Å². The molecule has 7 heteroatoms. The number of likely N-dealkylation sites (tertiary alicyclic amines) is 1. The highest BCUT2D eigenvalue weighted by Crippen LogP contribution is 2.29. The fourth-order valence-electron chi connectivity index (χ4n) is 3.51. The standard InChI is InChI=1S/C20H27N5O2/c1-15(2)25-14-22-23-20(25)12-24-8-4-5-17(11-24)13-27-18-7-6-16(10-21)9-19(18)26-3/h6-7,9,14-15,17H,4-5,8,11-13H2,1-3H3. The van der Waals surface area contributed by atoms with E-state index in [1.165, 1.54) is 0 Å². The summed E-state index contributed by atoms with van der Waals surface area (Å²) in [5.74, 6) is 2.76. The van der Waals surface area contributed by atoms with Gasteiger partial charge in [-0.2, -0.15) is 5.26 Å². The van der Waals surface area contributed by atoms with Crippen molar-refractivity contribution in [3.8, 4) is 17.6 Å². The Morgan fingerprint density at radius 1 is 1.33 bits per heavy atom. The third-order valence-electron chi connectivity index (χ3n) is 4.94. The predicted molar refractivity (Wildman–Crippen MR) is 102 cm³/mol. The van der Waals surface area contributed by atoms with Crippen molar-refractivity contribution in [3.63, 3.8) is 0 Å². The largest absolute Gasteiger partial charge is 0.493 e. The average molecular weight is 369 g/mol. The lowest BCUT2D eigenvalue weighted by Gasteiger charge is -2.32. The summed E-state index contributed by atoms with van der Waals surface area (Å²) in [5.41, 5.74) is 0.567. The Labute approximate surface area is 160 Å². The van der Waals surface area contributed by atoms with Crippen LogP contribution in [0.2, 0.25) is 0 Å². The Morgan fingerprint density at radius 2 is 2.19 bits per heavy atom. The van der Waals surface area contributed by atoms with Crippen molar-refractivity contribution in [2.75, 3.05) is 26.8 Å². The van der Waals surface area contributed by atoms with Crippen LogP contribution in [0.4, 0.5) is 0 Å². The van der Waals surface area contributed by atoms with E-state index < -0.39 is 0 Å². The summed E-state index contributed by atoms with van der Waals surface area (Å²) in [6.45, 7) is 7.78. The quantitative estimate of drug-likeness (QED) is 0.747. The molecule has 1 aliphatic rings. The molecule has 144 valence electrons. The number of rotatable bonds is 7. The Morgan fingerprint density at radius 3 is 2.93 bits per heavy atom. The molecule has 0 radical (unpaired) electrons. The lowest BCUT2D eigenvalue weighted by atomic mass is 9.99. The van der Waals surface area contributed by atoms with Gasteiger partial charge < -0.3 is 14.0 Å². The van der Waals surface area contributed by atoms with Crippen molar-refractivity contribution in [2.45, 2.75) is 39.3 Å². The molecule has 1 atom stereocenters. The SMILES string of the molecule is COc1cc(C#N)ccc1OCC1CCCN(Cc2nncn2C(C)C)C1. The van der Waals surface area contributed by atoms with E-state index in [1.807, 2.05) is 12.4 Å². The van der Waals surface area contributed by atoms with Crippen LogP contribution >= 0.6 is 0 Å². The first-order valence-electron chi connectivity index (χ1n) is 9.42. The Bertz CT molecular complexity index is 796. The molecule has 0 amide bonds. The van der Waals surface area contributed by atoms with Crippen LogP contribution in [-0.4, -0.2) is 46.5 Å². The van der Waals surface area contributed by atoms with E-state index in [-0.39, 0.29) is 0 Å². The van der Waals surface area contributed by atoms with Gasteiger partial charge in [0, 0.05) is 24.6 Å². The lowest BCUT2D eigenvalue weighted by molar-refractivity contribution is 0.120. The van der Waals surface area contributed by atoms with Crippen molar-refractivity contribution < 1.29 is 9.47 Å². The van der Waals surface area contributed by atoms with Gasteiger partial charge in [0.15, 0.2) is 11.5 Å². The molecule has 0 bridgehead atoms. The number of benzene rings is 1. The van der Waals surface area contributed by atoms with Gasteiger partial charge in [0.05, 0.1) is 31.9 Å². The number of aromatic nitrogens is 3. The minimum atomic E-state index is 0.364. The Kier molecular flexibility index (Phi) is 6.30. The first kappa shape index (κ1) is 19.2. The van der Waals surface area contributed by atoms with Crippen LogP contribution in [0, 0.1) is 17.2 Å². The molecule has 1 unspecified atom stereocenters. The zero-order valence-corrected chi connectivity index (χ0v) is 16.3. The van der Waals surface area contributed by atoms with Crippen molar-refractivity contribution in [1.82, 2.24) is 19.7 Å². The van der Waals surface area contributed by atoms with Gasteiger partial charge in [0.25, 0.3) is 0 Å². The average Bonchev–Trinajstić information content (AvgIpc) is 3.15. The van der Waals surface area contributed by atoms with E-state index in [0.29, 0.717) is 35.6 Å². The maximum Gasteiger partial charge on any atom is 0.162 e. The van der Waals surface area contributed by atoms with Gasteiger partial charge in [-0.25, -0.2) is 0 Å².